The van der Waals surface area contributed by atoms with Crippen molar-refractivity contribution in [2.24, 2.45) is 0 Å². The smallest absolute Gasteiger partial charge is 0.339 e. The van der Waals surface area contributed by atoms with Crippen LogP contribution in [0.1, 0.15) is 27.9 Å². The van der Waals surface area contributed by atoms with Crippen LogP contribution in [-0.2, 0) is 4.74 Å². The van der Waals surface area contributed by atoms with Crippen LogP contribution >= 0.6 is 11.6 Å². The van der Waals surface area contributed by atoms with Crippen LogP contribution in [0.3, 0.4) is 0 Å². The van der Waals surface area contributed by atoms with Crippen molar-refractivity contribution in [3.05, 3.63) is 33.8 Å². The first-order chi connectivity index (χ1) is 6.99. The third kappa shape index (κ3) is 2.26. The molecular formula is C10H9ClF2O2. The Hall–Kier alpha value is -1.16. The van der Waals surface area contributed by atoms with Crippen molar-refractivity contribution in [1.29, 1.82) is 0 Å². The minimum atomic E-state index is -2.60. The molecule has 0 fully saturated rings. The van der Waals surface area contributed by atoms with Crippen molar-refractivity contribution in [1.82, 2.24) is 0 Å². The Labute approximate surface area is 90.8 Å². The van der Waals surface area contributed by atoms with Crippen LogP contribution in [0.25, 0.3) is 0 Å². The first kappa shape index (κ1) is 11.9. The Morgan fingerprint density at radius 3 is 2.53 bits per heavy atom. The fourth-order valence-electron chi connectivity index (χ4n) is 1.20. The largest absolute Gasteiger partial charge is 0.465 e. The van der Waals surface area contributed by atoms with Crippen LogP contribution in [0.4, 0.5) is 8.78 Å². The van der Waals surface area contributed by atoms with Gasteiger partial charge in [0.2, 0.25) is 0 Å². The third-order valence-electron chi connectivity index (χ3n) is 2.07. The summed E-state index contributed by atoms with van der Waals surface area (Å²) in [5.74, 6) is -0.635. The molecule has 0 spiro atoms. The number of carbonyl (C=O) groups excluding carboxylic acids is 1. The van der Waals surface area contributed by atoms with E-state index in [0.717, 1.165) is 0 Å². The Kier molecular flexibility index (Phi) is 3.63. The third-order valence-corrected chi connectivity index (χ3v) is 2.56. The Morgan fingerprint density at radius 1 is 1.47 bits per heavy atom. The van der Waals surface area contributed by atoms with Crippen molar-refractivity contribution < 1.29 is 18.3 Å². The predicted molar refractivity (Wildman–Crippen MR) is 52.5 cm³/mol. The van der Waals surface area contributed by atoms with Crippen LogP contribution in [0, 0.1) is 6.92 Å². The van der Waals surface area contributed by atoms with Gasteiger partial charge in [0, 0.05) is 5.56 Å². The summed E-state index contributed by atoms with van der Waals surface area (Å²) in [6.45, 7) is 1.44. The summed E-state index contributed by atoms with van der Waals surface area (Å²) in [7, 11) is 1.20. The van der Waals surface area contributed by atoms with E-state index in [-0.39, 0.29) is 21.7 Å². The minimum absolute atomic E-state index is 0.0136. The van der Waals surface area contributed by atoms with Gasteiger partial charge in [0.25, 0.3) is 6.43 Å². The summed E-state index contributed by atoms with van der Waals surface area (Å²) in [4.78, 5) is 11.2. The van der Waals surface area contributed by atoms with Crippen molar-refractivity contribution in [3.63, 3.8) is 0 Å². The van der Waals surface area contributed by atoms with Gasteiger partial charge in [0.15, 0.2) is 0 Å². The molecule has 0 aromatic heterocycles. The summed E-state index contributed by atoms with van der Waals surface area (Å²) in [5, 5.41) is 0.0136. The monoisotopic (exact) mass is 234 g/mol. The van der Waals surface area contributed by atoms with Gasteiger partial charge >= 0.3 is 5.97 Å². The van der Waals surface area contributed by atoms with Crippen molar-refractivity contribution in [2.45, 2.75) is 13.3 Å². The van der Waals surface area contributed by atoms with Gasteiger partial charge in [0.05, 0.1) is 17.7 Å². The minimum Gasteiger partial charge on any atom is -0.465 e. The second-order valence-electron chi connectivity index (χ2n) is 2.93. The average molecular weight is 235 g/mol. The fourth-order valence-corrected chi connectivity index (χ4v) is 1.45. The number of hydrogen-bond acceptors (Lipinski definition) is 2. The van der Waals surface area contributed by atoms with Crippen LogP contribution in [0.5, 0.6) is 0 Å². The molecule has 2 nitrogen and oxygen atoms in total. The lowest BCUT2D eigenvalue weighted by Gasteiger charge is -2.09. The summed E-state index contributed by atoms with van der Waals surface area (Å²) in [5.41, 5.74) is 0.128. The van der Waals surface area contributed by atoms with Crippen molar-refractivity contribution >= 4 is 17.6 Å². The lowest BCUT2D eigenvalue weighted by atomic mass is 10.1. The Morgan fingerprint density at radius 2 is 2.07 bits per heavy atom. The quantitative estimate of drug-likeness (QED) is 0.734. The van der Waals surface area contributed by atoms with Crippen LogP contribution in [0.2, 0.25) is 5.02 Å². The van der Waals surface area contributed by atoms with Gasteiger partial charge < -0.3 is 4.74 Å². The number of hydrogen-bond donors (Lipinski definition) is 0. The number of ether oxygens (including phenoxy) is 1. The lowest BCUT2D eigenvalue weighted by Crippen LogP contribution is -2.04. The van der Waals surface area contributed by atoms with Crippen molar-refractivity contribution in [3.8, 4) is 0 Å². The fraction of sp³-hybridized carbons (Fsp3) is 0.300. The molecule has 0 radical (unpaired) electrons. The van der Waals surface area contributed by atoms with Crippen LogP contribution < -0.4 is 0 Å². The molecule has 0 amide bonds. The first-order valence-electron chi connectivity index (χ1n) is 4.14. The molecule has 0 heterocycles. The molecule has 0 saturated heterocycles. The van der Waals surface area contributed by atoms with E-state index in [4.69, 9.17) is 11.6 Å². The van der Waals surface area contributed by atoms with E-state index in [1.807, 2.05) is 0 Å². The number of methoxy groups -OCH3 is 1. The molecule has 0 bridgehead atoms. The number of benzene rings is 1. The standard InChI is InChI=1S/C10H9ClF2O2/c1-5-6(9(12)13)3-4-7(8(5)11)10(14)15-2/h3-4,9H,1-2H3. The highest BCUT2D eigenvalue weighted by molar-refractivity contribution is 6.34. The first-order valence-corrected chi connectivity index (χ1v) is 4.52. The number of halogens is 3. The van der Waals surface area contributed by atoms with Gasteiger partial charge in [-0.25, -0.2) is 13.6 Å². The highest BCUT2D eigenvalue weighted by atomic mass is 35.5. The number of carbonyl (C=O) groups is 1. The maximum Gasteiger partial charge on any atom is 0.339 e. The molecule has 0 saturated carbocycles. The second-order valence-corrected chi connectivity index (χ2v) is 3.31. The van der Waals surface area contributed by atoms with E-state index in [1.54, 1.807) is 0 Å². The van der Waals surface area contributed by atoms with Gasteiger partial charge in [-0.05, 0) is 18.6 Å². The predicted octanol–water partition coefficient (Wildman–Crippen LogP) is 3.37. The second kappa shape index (κ2) is 4.57. The highest BCUT2D eigenvalue weighted by Crippen LogP contribution is 2.30. The van der Waals surface area contributed by atoms with Crippen LogP contribution in [-0.4, -0.2) is 13.1 Å². The summed E-state index contributed by atoms with van der Waals surface area (Å²) in [6.07, 6.45) is -2.60. The molecule has 0 aliphatic carbocycles. The molecule has 1 aromatic rings. The van der Waals surface area contributed by atoms with E-state index >= 15 is 0 Å². The molecule has 15 heavy (non-hydrogen) atoms. The van der Waals surface area contributed by atoms with Gasteiger partial charge in [-0.1, -0.05) is 17.7 Å². The van der Waals surface area contributed by atoms with E-state index in [2.05, 4.69) is 4.74 Å². The molecule has 0 atom stereocenters. The topological polar surface area (TPSA) is 26.3 Å². The van der Waals surface area contributed by atoms with E-state index in [0.29, 0.717) is 0 Å². The summed E-state index contributed by atoms with van der Waals surface area (Å²) in [6, 6.07) is 2.42. The zero-order valence-electron chi connectivity index (χ0n) is 8.18. The molecule has 1 aromatic carbocycles. The Bertz CT molecular complexity index is 391. The number of alkyl halides is 2. The zero-order valence-corrected chi connectivity index (χ0v) is 8.94. The van der Waals surface area contributed by atoms with Gasteiger partial charge in [-0.3, -0.25) is 0 Å². The van der Waals surface area contributed by atoms with E-state index in [9.17, 15) is 13.6 Å². The molecule has 0 aliphatic rings. The summed E-state index contributed by atoms with van der Waals surface area (Å²) >= 11 is 5.78. The molecule has 0 unspecified atom stereocenters. The maximum absolute atomic E-state index is 12.4. The molecule has 0 aliphatic heterocycles. The molecule has 1 rings (SSSR count). The molecule has 0 N–H and O–H groups in total. The number of rotatable bonds is 2. The maximum atomic E-state index is 12.4. The zero-order chi connectivity index (χ0) is 11.6. The average Bonchev–Trinajstić information content (AvgIpc) is 2.20. The van der Waals surface area contributed by atoms with Crippen LogP contribution in [0.15, 0.2) is 12.1 Å². The molecular weight excluding hydrogens is 226 g/mol. The normalized spacial score (nSPS) is 10.5. The number of esters is 1. The Balaban J connectivity index is 3.27. The summed E-state index contributed by atoms with van der Waals surface area (Å²) < 4.78 is 29.4. The molecule has 82 valence electrons. The van der Waals surface area contributed by atoms with Gasteiger partial charge in [0.1, 0.15) is 0 Å². The van der Waals surface area contributed by atoms with Gasteiger partial charge in [-0.2, -0.15) is 0 Å². The highest BCUT2D eigenvalue weighted by Gasteiger charge is 2.18. The SMILES string of the molecule is COC(=O)c1ccc(C(F)F)c(C)c1Cl. The van der Waals surface area contributed by atoms with E-state index in [1.165, 1.54) is 26.2 Å². The molecule has 5 heteroatoms. The van der Waals surface area contributed by atoms with Gasteiger partial charge in [-0.15, -0.1) is 0 Å². The van der Waals surface area contributed by atoms with Crippen molar-refractivity contribution in [2.75, 3.05) is 7.11 Å². The van der Waals surface area contributed by atoms with E-state index < -0.39 is 12.4 Å². The lowest BCUT2D eigenvalue weighted by molar-refractivity contribution is 0.0600.